The first kappa shape index (κ1) is 24.2. The maximum Gasteiger partial charge on any atom is 0.337 e. The van der Waals surface area contributed by atoms with Crippen LogP contribution in [-0.2, 0) is 16.8 Å². The fourth-order valence-electron chi connectivity index (χ4n) is 4.20. The van der Waals surface area contributed by atoms with Crippen LogP contribution in [0.1, 0.15) is 32.8 Å². The monoisotopic (exact) mass is 478 g/mol. The predicted octanol–water partition coefficient (Wildman–Crippen LogP) is 4.24. The molecule has 2 N–H and O–H groups in total. The number of carbonyl (C=O) groups is 1. The number of nitrogens with zero attached hydrogens (tertiary/aromatic N) is 4. The Balaban J connectivity index is 2.33. The molecule has 32 heavy (non-hydrogen) atoms. The molecule has 0 aliphatic rings. The quantitative estimate of drug-likeness (QED) is 0.516. The molecule has 172 valence electrons. The Labute approximate surface area is 194 Å². The molecule has 0 aliphatic heterocycles. The summed E-state index contributed by atoms with van der Waals surface area (Å²) in [6.45, 7) is 5.38. The first-order valence-corrected chi connectivity index (χ1v) is 11.5. The van der Waals surface area contributed by atoms with E-state index in [1.54, 1.807) is 55.1 Å². The first-order chi connectivity index (χ1) is 15.0. The highest BCUT2D eigenvalue weighted by Crippen LogP contribution is 2.43. The number of amides is 2. The summed E-state index contributed by atoms with van der Waals surface area (Å²) in [6, 6.07) is 11.7. The molecule has 2 amide bonds. The summed E-state index contributed by atoms with van der Waals surface area (Å²) in [5.74, 6) is 0. The first-order valence-electron chi connectivity index (χ1n) is 10.0. The van der Waals surface area contributed by atoms with Gasteiger partial charge in [0.1, 0.15) is 5.54 Å². The van der Waals surface area contributed by atoms with E-state index in [2.05, 4.69) is 5.10 Å². The van der Waals surface area contributed by atoms with Gasteiger partial charge < -0.3 is 10.0 Å². The van der Waals surface area contributed by atoms with Crippen molar-refractivity contribution in [2.45, 2.75) is 38.3 Å². The molecule has 2 atom stereocenters. The zero-order chi connectivity index (χ0) is 23.8. The van der Waals surface area contributed by atoms with E-state index >= 15 is 0 Å². The molecule has 0 radical (unpaired) electrons. The lowest BCUT2D eigenvalue weighted by molar-refractivity contribution is -0.0297. The number of rotatable bonds is 6. The number of aliphatic hydroxyl groups is 1. The van der Waals surface area contributed by atoms with E-state index in [0.29, 0.717) is 22.3 Å². The maximum absolute atomic E-state index is 12.6. The van der Waals surface area contributed by atoms with Crippen molar-refractivity contribution in [3.63, 3.8) is 0 Å². The van der Waals surface area contributed by atoms with Gasteiger partial charge in [-0.2, -0.15) is 9.40 Å². The average molecular weight is 479 g/mol. The lowest BCUT2D eigenvalue weighted by Crippen LogP contribution is -2.53. The minimum Gasteiger partial charge on any atom is -0.388 e. The fourth-order valence-corrected chi connectivity index (χ4v) is 4.95. The van der Waals surface area contributed by atoms with E-state index in [9.17, 15) is 18.7 Å². The summed E-state index contributed by atoms with van der Waals surface area (Å²) >= 11 is 3.51. The predicted molar refractivity (Wildman–Crippen MR) is 127 cm³/mol. The Morgan fingerprint density at radius 2 is 1.81 bits per heavy atom. The van der Waals surface area contributed by atoms with Gasteiger partial charge in [-0.05, 0) is 50.1 Å². The molecule has 3 aromatic rings. The Bertz CT molecular complexity index is 1160. The van der Waals surface area contributed by atoms with Crippen LogP contribution in [0.4, 0.5) is 10.5 Å². The number of benzene rings is 2. The molecule has 0 spiro atoms. The van der Waals surface area contributed by atoms with Crippen molar-refractivity contribution in [2.24, 2.45) is 0 Å². The molecular formula is C22H27ClN4O4S. The van der Waals surface area contributed by atoms with Gasteiger partial charge in [0, 0.05) is 24.5 Å². The summed E-state index contributed by atoms with van der Waals surface area (Å²) in [7, 11) is 3.01. The highest BCUT2D eigenvalue weighted by Gasteiger charge is 2.47. The maximum atomic E-state index is 12.6. The van der Waals surface area contributed by atoms with Crippen molar-refractivity contribution >= 4 is 45.5 Å². The fraction of sp³-hybridized carbons (Fsp3) is 0.364. The number of fused-ring (bicyclic) bond motifs is 1. The van der Waals surface area contributed by atoms with E-state index in [1.165, 1.54) is 19.0 Å². The lowest BCUT2D eigenvalue weighted by Gasteiger charge is -2.44. The third kappa shape index (κ3) is 3.90. The van der Waals surface area contributed by atoms with Gasteiger partial charge in [0.05, 0.1) is 23.0 Å². The van der Waals surface area contributed by atoms with Gasteiger partial charge in [-0.3, -0.25) is 9.23 Å². The largest absolute Gasteiger partial charge is 0.388 e. The van der Waals surface area contributed by atoms with Crippen molar-refractivity contribution in [1.82, 2.24) is 14.7 Å². The number of halogens is 1. The molecule has 0 aliphatic carbocycles. The topological polar surface area (TPSA) is 98.9 Å². The van der Waals surface area contributed by atoms with E-state index < -0.39 is 28.4 Å². The highest BCUT2D eigenvalue weighted by atomic mass is 35.5. The van der Waals surface area contributed by atoms with Crippen LogP contribution >= 0.6 is 11.6 Å². The summed E-state index contributed by atoms with van der Waals surface area (Å²) in [5, 5.41) is 17.0. The van der Waals surface area contributed by atoms with Crippen LogP contribution in [0.2, 0.25) is 5.02 Å². The molecule has 0 fully saturated rings. The third-order valence-electron chi connectivity index (χ3n) is 5.73. The lowest BCUT2D eigenvalue weighted by atomic mass is 9.74. The Morgan fingerprint density at radius 3 is 2.31 bits per heavy atom. The molecule has 1 heterocycles. The van der Waals surface area contributed by atoms with Gasteiger partial charge in [-0.25, -0.2) is 9.00 Å². The molecular weight excluding hydrogens is 452 g/mol. The van der Waals surface area contributed by atoms with Crippen LogP contribution in [0, 0.1) is 0 Å². The van der Waals surface area contributed by atoms with Crippen LogP contribution in [-0.4, -0.2) is 54.3 Å². The third-order valence-corrected chi connectivity index (χ3v) is 6.65. The van der Waals surface area contributed by atoms with Crippen molar-refractivity contribution in [3.05, 3.63) is 59.2 Å². The van der Waals surface area contributed by atoms with Gasteiger partial charge >= 0.3 is 6.03 Å². The van der Waals surface area contributed by atoms with E-state index in [0.717, 1.165) is 9.87 Å². The van der Waals surface area contributed by atoms with Crippen LogP contribution in [0.3, 0.4) is 0 Å². The zero-order valence-electron chi connectivity index (χ0n) is 18.6. The molecule has 0 bridgehead atoms. The van der Waals surface area contributed by atoms with E-state index in [4.69, 9.17) is 11.6 Å². The summed E-state index contributed by atoms with van der Waals surface area (Å²) in [5.41, 5.74) is -0.580. The molecule has 10 heteroatoms. The van der Waals surface area contributed by atoms with Crippen LogP contribution in [0.25, 0.3) is 10.9 Å². The minimum atomic E-state index is -2.59. The summed E-state index contributed by atoms with van der Waals surface area (Å²) in [6.07, 6.45) is 2.03. The van der Waals surface area contributed by atoms with Crippen molar-refractivity contribution < 1.29 is 18.7 Å². The summed E-state index contributed by atoms with van der Waals surface area (Å²) in [4.78, 5) is 13.8. The van der Waals surface area contributed by atoms with Gasteiger partial charge in [0.2, 0.25) is 0 Å². The second kappa shape index (κ2) is 8.82. The smallest absolute Gasteiger partial charge is 0.337 e. The van der Waals surface area contributed by atoms with Crippen LogP contribution in [0.5, 0.6) is 0 Å². The van der Waals surface area contributed by atoms with Crippen molar-refractivity contribution in [1.29, 1.82) is 0 Å². The zero-order valence-corrected chi connectivity index (χ0v) is 20.2. The van der Waals surface area contributed by atoms with E-state index in [1.807, 2.05) is 19.1 Å². The highest BCUT2D eigenvalue weighted by molar-refractivity contribution is 7.81. The molecule has 3 rings (SSSR count). The molecule has 8 nitrogen and oxygen atoms in total. The second-order valence-electron chi connectivity index (χ2n) is 8.25. The number of aromatic nitrogens is 2. The normalized spacial score (nSPS) is 14.8. The second-order valence-corrected chi connectivity index (χ2v) is 9.51. The van der Waals surface area contributed by atoms with Gasteiger partial charge in [-0.1, -0.05) is 36.7 Å². The molecule has 2 unspecified atom stereocenters. The molecule has 0 saturated heterocycles. The van der Waals surface area contributed by atoms with Crippen LogP contribution < -0.4 is 4.31 Å². The number of hydrogen-bond acceptors (Lipinski definition) is 4. The van der Waals surface area contributed by atoms with Gasteiger partial charge in [0.25, 0.3) is 11.3 Å². The SMILES string of the molecule is CCC(c1ccc(Cl)cc1)(n1ncc2c(N(C(=O)N(C)C)S(=O)O)cccc21)C(C)(C)O. The van der Waals surface area contributed by atoms with Crippen molar-refractivity contribution in [3.8, 4) is 0 Å². The van der Waals surface area contributed by atoms with Gasteiger partial charge in [0.15, 0.2) is 0 Å². The number of urea groups is 1. The number of anilines is 1. The molecule has 1 aromatic heterocycles. The molecule has 0 saturated carbocycles. The average Bonchev–Trinajstić information content (AvgIpc) is 3.14. The van der Waals surface area contributed by atoms with E-state index in [-0.39, 0.29) is 5.69 Å². The Kier molecular flexibility index (Phi) is 6.67. The van der Waals surface area contributed by atoms with Crippen LogP contribution in [0.15, 0.2) is 48.7 Å². The standard InChI is InChI=1S/C22H27ClN4O4S/c1-6-22(21(2,3)29,15-10-12-16(23)13-11-15)27-19-9-7-8-18(17(19)14-24-27)26(32(30)31)20(28)25(4)5/h7-14,29H,6H2,1-5H3,(H,30,31). The number of hydrogen-bond donors (Lipinski definition) is 2. The Morgan fingerprint density at radius 1 is 1.19 bits per heavy atom. The summed E-state index contributed by atoms with van der Waals surface area (Å²) < 4.78 is 24.4. The van der Waals surface area contributed by atoms with Gasteiger partial charge in [-0.15, -0.1) is 0 Å². The molecule has 2 aromatic carbocycles. The minimum absolute atomic E-state index is 0.241. The Hall–Kier alpha value is -2.46. The number of carbonyl (C=O) groups excluding carboxylic acids is 1. The van der Waals surface area contributed by atoms with Crippen molar-refractivity contribution in [2.75, 3.05) is 18.4 Å².